The lowest BCUT2D eigenvalue weighted by molar-refractivity contribution is -0.0499. The lowest BCUT2D eigenvalue weighted by Gasteiger charge is -2.24. The normalized spacial score (nSPS) is 27.8. The second-order valence-corrected chi connectivity index (χ2v) is 5.86. The summed E-state index contributed by atoms with van der Waals surface area (Å²) in [5.74, 6) is 1.62. The quantitative estimate of drug-likeness (QED) is 0.866. The van der Waals surface area contributed by atoms with Crippen LogP contribution in [0.15, 0.2) is 24.3 Å². The molecule has 0 heterocycles. The lowest BCUT2D eigenvalue weighted by Crippen LogP contribution is -2.34. The van der Waals surface area contributed by atoms with Gasteiger partial charge in [-0.2, -0.15) is 8.78 Å². The molecule has 0 amide bonds. The van der Waals surface area contributed by atoms with Gasteiger partial charge in [-0.3, -0.25) is 0 Å². The Morgan fingerprint density at radius 2 is 2.00 bits per heavy atom. The van der Waals surface area contributed by atoms with Gasteiger partial charge < -0.3 is 10.1 Å². The summed E-state index contributed by atoms with van der Waals surface area (Å²) in [5, 5.41) is 3.61. The zero-order chi connectivity index (χ0) is 14.7. The fourth-order valence-electron chi connectivity index (χ4n) is 2.98. The first-order valence-electron chi connectivity index (χ1n) is 7.28. The number of ether oxygens (including phenoxy) is 1. The molecule has 4 atom stereocenters. The number of rotatable bonds is 5. The first-order valence-corrected chi connectivity index (χ1v) is 7.28. The minimum atomic E-state index is -2.77. The van der Waals surface area contributed by atoms with Crippen molar-refractivity contribution in [2.75, 3.05) is 0 Å². The van der Waals surface area contributed by atoms with E-state index < -0.39 is 6.61 Å². The Kier molecular flexibility index (Phi) is 4.97. The molecule has 0 aliphatic heterocycles. The maximum Gasteiger partial charge on any atom is 0.387 e. The van der Waals surface area contributed by atoms with Gasteiger partial charge in [0.2, 0.25) is 0 Å². The van der Waals surface area contributed by atoms with E-state index in [1.54, 1.807) is 18.2 Å². The summed E-state index contributed by atoms with van der Waals surface area (Å²) in [4.78, 5) is 0. The second kappa shape index (κ2) is 6.53. The van der Waals surface area contributed by atoms with E-state index in [0.717, 1.165) is 11.5 Å². The average molecular weight is 283 g/mol. The van der Waals surface area contributed by atoms with Crippen molar-refractivity contribution >= 4 is 0 Å². The molecular formula is C16H23F2NO. The molecule has 2 nitrogen and oxygen atoms in total. The number of benzene rings is 1. The van der Waals surface area contributed by atoms with Gasteiger partial charge in [0.05, 0.1) is 0 Å². The van der Waals surface area contributed by atoms with Crippen molar-refractivity contribution in [3.05, 3.63) is 29.8 Å². The van der Waals surface area contributed by atoms with Crippen LogP contribution in [0.5, 0.6) is 5.75 Å². The second-order valence-electron chi connectivity index (χ2n) is 5.86. The molecule has 1 saturated carbocycles. The Morgan fingerprint density at radius 1 is 1.25 bits per heavy atom. The van der Waals surface area contributed by atoms with E-state index in [9.17, 15) is 8.78 Å². The third-order valence-corrected chi connectivity index (χ3v) is 4.51. The molecule has 4 unspecified atom stereocenters. The van der Waals surface area contributed by atoms with E-state index in [-0.39, 0.29) is 11.8 Å². The van der Waals surface area contributed by atoms with Gasteiger partial charge in [0, 0.05) is 12.1 Å². The minimum absolute atomic E-state index is 0.133. The van der Waals surface area contributed by atoms with Crippen molar-refractivity contribution in [2.45, 2.75) is 52.3 Å². The van der Waals surface area contributed by atoms with E-state index in [0.29, 0.717) is 12.0 Å². The van der Waals surface area contributed by atoms with E-state index >= 15 is 0 Å². The number of nitrogens with one attached hydrogen (secondary N) is 1. The fourth-order valence-corrected chi connectivity index (χ4v) is 2.98. The third kappa shape index (κ3) is 3.69. The zero-order valence-corrected chi connectivity index (χ0v) is 12.3. The molecule has 112 valence electrons. The zero-order valence-electron chi connectivity index (χ0n) is 12.3. The molecule has 20 heavy (non-hydrogen) atoms. The Morgan fingerprint density at radius 3 is 2.60 bits per heavy atom. The van der Waals surface area contributed by atoms with Gasteiger partial charge in [-0.1, -0.05) is 26.0 Å². The summed E-state index contributed by atoms with van der Waals surface area (Å²) in [6.07, 6.45) is 2.43. The number of alkyl halides is 2. The first-order chi connectivity index (χ1) is 9.47. The van der Waals surface area contributed by atoms with Crippen LogP contribution in [-0.4, -0.2) is 12.7 Å². The summed E-state index contributed by atoms with van der Waals surface area (Å²) in [6.45, 7) is 3.85. The van der Waals surface area contributed by atoms with E-state index in [4.69, 9.17) is 0 Å². The van der Waals surface area contributed by atoms with Gasteiger partial charge in [0.1, 0.15) is 5.75 Å². The summed E-state index contributed by atoms with van der Waals surface area (Å²) >= 11 is 0. The first kappa shape index (κ1) is 15.2. The highest BCUT2D eigenvalue weighted by atomic mass is 19.3. The third-order valence-electron chi connectivity index (χ3n) is 4.51. The molecule has 0 bridgehead atoms. The predicted octanol–water partition coefficient (Wildman–Crippen LogP) is 4.37. The molecule has 2 rings (SSSR count). The van der Waals surface area contributed by atoms with Gasteiger partial charge >= 0.3 is 6.61 Å². The lowest BCUT2D eigenvalue weighted by atomic mass is 9.96. The summed E-state index contributed by atoms with van der Waals surface area (Å²) in [5.41, 5.74) is 0.981. The standard InChI is InChI=1S/C16H23F2NO/c1-10-7-8-15(11(10)2)19-12(3)13-5-4-6-14(9-13)20-16(17)18/h4-6,9-12,15-16,19H,7-8H2,1-3H3. The minimum Gasteiger partial charge on any atom is -0.435 e. The van der Waals surface area contributed by atoms with Crippen LogP contribution < -0.4 is 10.1 Å². The van der Waals surface area contributed by atoms with Crippen LogP contribution in [0.25, 0.3) is 0 Å². The highest BCUT2D eigenvalue weighted by Gasteiger charge is 2.30. The molecule has 1 aliphatic carbocycles. The molecule has 1 aliphatic rings. The Hall–Kier alpha value is -1.16. The molecule has 0 spiro atoms. The maximum absolute atomic E-state index is 12.2. The van der Waals surface area contributed by atoms with Crippen molar-refractivity contribution in [1.82, 2.24) is 5.32 Å². The van der Waals surface area contributed by atoms with Gasteiger partial charge in [0.15, 0.2) is 0 Å². The molecule has 0 saturated heterocycles. The van der Waals surface area contributed by atoms with Crippen molar-refractivity contribution in [3.8, 4) is 5.75 Å². The van der Waals surface area contributed by atoms with Gasteiger partial charge in [0.25, 0.3) is 0 Å². The Labute approximate surface area is 119 Å². The molecule has 0 aromatic heterocycles. The van der Waals surface area contributed by atoms with Crippen LogP contribution in [0.1, 0.15) is 45.2 Å². The van der Waals surface area contributed by atoms with Crippen molar-refractivity contribution in [2.24, 2.45) is 11.8 Å². The van der Waals surface area contributed by atoms with Crippen LogP contribution in [0, 0.1) is 11.8 Å². The monoisotopic (exact) mass is 283 g/mol. The summed E-state index contributed by atoms with van der Waals surface area (Å²) in [7, 11) is 0. The van der Waals surface area contributed by atoms with Crippen LogP contribution in [0.3, 0.4) is 0 Å². The molecule has 4 heteroatoms. The smallest absolute Gasteiger partial charge is 0.387 e. The number of halogens is 2. The van der Waals surface area contributed by atoms with E-state index in [1.165, 1.54) is 12.8 Å². The Balaban J connectivity index is 2.00. The van der Waals surface area contributed by atoms with Crippen LogP contribution >= 0.6 is 0 Å². The van der Waals surface area contributed by atoms with Crippen molar-refractivity contribution < 1.29 is 13.5 Å². The molecule has 0 radical (unpaired) electrons. The van der Waals surface area contributed by atoms with Crippen molar-refractivity contribution in [3.63, 3.8) is 0 Å². The molecule has 1 aromatic rings. The van der Waals surface area contributed by atoms with Crippen LogP contribution in [-0.2, 0) is 0 Å². The predicted molar refractivity (Wildman–Crippen MR) is 76.0 cm³/mol. The highest BCUT2D eigenvalue weighted by molar-refractivity contribution is 5.30. The Bertz CT molecular complexity index is 438. The molecule has 1 aromatic carbocycles. The van der Waals surface area contributed by atoms with E-state index in [2.05, 4.69) is 30.8 Å². The van der Waals surface area contributed by atoms with Gasteiger partial charge in [-0.05, 0) is 49.3 Å². The summed E-state index contributed by atoms with van der Waals surface area (Å²) in [6, 6.07) is 7.58. The van der Waals surface area contributed by atoms with Crippen molar-refractivity contribution in [1.29, 1.82) is 0 Å². The van der Waals surface area contributed by atoms with Gasteiger partial charge in [-0.25, -0.2) is 0 Å². The number of hydrogen-bond acceptors (Lipinski definition) is 2. The van der Waals surface area contributed by atoms with Gasteiger partial charge in [-0.15, -0.1) is 0 Å². The molecule has 1 N–H and O–H groups in total. The maximum atomic E-state index is 12.2. The average Bonchev–Trinajstić information content (AvgIpc) is 2.70. The van der Waals surface area contributed by atoms with Crippen LogP contribution in [0.4, 0.5) is 8.78 Å². The largest absolute Gasteiger partial charge is 0.435 e. The summed E-state index contributed by atoms with van der Waals surface area (Å²) < 4.78 is 28.9. The van der Waals surface area contributed by atoms with Crippen LogP contribution in [0.2, 0.25) is 0 Å². The number of hydrogen-bond donors (Lipinski definition) is 1. The topological polar surface area (TPSA) is 21.3 Å². The molecular weight excluding hydrogens is 260 g/mol. The molecule has 1 fully saturated rings. The highest BCUT2D eigenvalue weighted by Crippen LogP contribution is 2.33. The SMILES string of the molecule is CC(NC1CCC(C)C1C)c1cccc(OC(F)F)c1. The van der Waals surface area contributed by atoms with E-state index in [1.807, 2.05) is 6.07 Å². The fraction of sp³-hybridized carbons (Fsp3) is 0.625.